The molecule has 0 fully saturated rings. The van der Waals surface area contributed by atoms with Gasteiger partial charge in [-0.25, -0.2) is 0 Å². The van der Waals surface area contributed by atoms with Crippen molar-refractivity contribution in [2.24, 2.45) is 5.73 Å². The summed E-state index contributed by atoms with van der Waals surface area (Å²) in [6.45, 7) is 2.37. The second-order valence-corrected chi connectivity index (χ2v) is 2.10. The molecule has 10 heavy (non-hydrogen) atoms. The van der Waals surface area contributed by atoms with Crippen LogP contribution in [0.3, 0.4) is 0 Å². The summed E-state index contributed by atoms with van der Waals surface area (Å²) in [5, 5.41) is 3.15. The molecule has 3 heteroatoms. The van der Waals surface area contributed by atoms with E-state index in [9.17, 15) is 0 Å². The third-order valence-corrected chi connectivity index (χ3v) is 1.23. The van der Waals surface area contributed by atoms with Gasteiger partial charge in [0.15, 0.2) is 0 Å². The molecule has 0 amide bonds. The normalized spacial score (nSPS) is 10.1. The SMILES string of the molecule is NCCNCc1ccoc1. The van der Waals surface area contributed by atoms with Crippen LogP contribution < -0.4 is 11.1 Å². The van der Waals surface area contributed by atoms with E-state index in [0.717, 1.165) is 18.7 Å². The molecule has 0 radical (unpaired) electrons. The average Bonchev–Trinajstić information content (AvgIpc) is 2.41. The molecule has 0 saturated heterocycles. The highest BCUT2D eigenvalue weighted by Crippen LogP contribution is 1.97. The summed E-state index contributed by atoms with van der Waals surface area (Å²) in [5.41, 5.74) is 6.44. The summed E-state index contributed by atoms with van der Waals surface area (Å²) in [5.74, 6) is 0. The molecule has 3 N–H and O–H groups in total. The molecular weight excluding hydrogens is 128 g/mol. The molecule has 0 bridgehead atoms. The summed E-state index contributed by atoms with van der Waals surface area (Å²) in [6.07, 6.45) is 3.39. The fourth-order valence-corrected chi connectivity index (χ4v) is 0.728. The number of furan rings is 1. The smallest absolute Gasteiger partial charge is 0.0947 e. The third kappa shape index (κ3) is 2.21. The highest BCUT2D eigenvalue weighted by Gasteiger charge is 1.90. The molecule has 56 valence electrons. The van der Waals surface area contributed by atoms with Crippen LogP contribution in [-0.2, 0) is 6.54 Å². The van der Waals surface area contributed by atoms with Crippen LogP contribution in [0, 0.1) is 0 Å². The lowest BCUT2D eigenvalue weighted by atomic mass is 10.3. The summed E-state index contributed by atoms with van der Waals surface area (Å²) in [4.78, 5) is 0. The Morgan fingerprint density at radius 1 is 1.60 bits per heavy atom. The van der Waals surface area contributed by atoms with Crippen LogP contribution in [0.4, 0.5) is 0 Å². The number of nitrogens with two attached hydrogens (primary N) is 1. The van der Waals surface area contributed by atoms with Gasteiger partial charge < -0.3 is 15.5 Å². The Hall–Kier alpha value is -0.800. The third-order valence-electron chi connectivity index (χ3n) is 1.23. The zero-order valence-electron chi connectivity index (χ0n) is 5.84. The first-order valence-corrected chi connectivity index (χ1v) is 3.35. The Balaban J connectivity index is 2.15. The van der Waals surface area contributed by atoms with Gasteiger partial charge in [-0.1, -0.05) is 0 Å². The molecular formula is C7H12N2O. The first kappa shape index (κ1) is 7.31. The predicted octanol–water partition coefficient (Wildman–Crippen LogP) is 0.328. The Labute approximate surface area is 60.2 Å². The van der Waals surface area contributed by atoms with Crippen LogP contribution in [0.5, 0.6) is 0 Å². The minimum Gasteiger partial charge on any atom is -0.472 e. The van der Waals surface area contributed by atoms with Crippen molar-refractivity contribution < 1.29 is 4.42 Å². The van der Waals surface area contributed by atoms with Gasteiger partial charge in [0.25, 0.3) is 0 Å². The lowest BCUT2D eigenvalue weighted by molar-refractivity contribution is 0.560. The number of hydrogen-bond donors (Lipinski definition) is 2. The summed E-state index contributed by atoms with van der Waals surface area (Å²) in [6, 6.07) is 1.93. The average molecular weight is 140 g/mol. The topological polar surface area (TPSA) is 51.2 Å². The zero-order valence-corrected chi connectivity index (χ0v) is 5.84. The molecule has 0 aromatic carbocycles. The molecule has 0 unspecified atom stereocenters. The van der Waals surface area contributed by atoms with Crippen LogP contribution in [0.1, 0.15) is 5.56 Å². The van der Waals surface area contributed by atoms with E-state index in [4.69, 9.17) is 10.2 Å². The van der Waals surface area contributed by atoms with Crippen LogP contribution in [0.25, 0.3) is 0 Å². The van der Waals surface area contributed by atoms with Crippen molar-refractivity contribution in [2.45, 2.75) is 6.54 Å². The Kier molecular flexibility index (Phi) is 2.99. The van der Waals surface area contributed by atoms with E-state index in [2.05, 4.69) is 5.32 Å². The Morgan fingerprint density at radius 3 is 3.10 bits per heavy atom. The first-order valence-electron chi connectivity index (χ1n) is 3.35. The van der Waals surface area contributed by atoms with Crippen LogP contribution in [0.2, 0.25) is 0 Å². The van der Waals surface area contributed by atoms with Crippen LogP contribution >= 0.6 is 0 Å². The van der Waals surface area contributed by atoms with Gasteiger partial charge in [-0.05, 0) is 6.07 Å². The van der Waals surface area contributed by atoms with Gasteiger partial charge >= 0.3 is 0 Å². The standard InChI is InChI=1S/C7H12N2O/c8-2-3-9-5-7-1-4-10-6-7/h1,4,6,9H,2-3,5,8H2. The fourth-order valence-electron chi connectivity index (χ4n) is 0.728. The van der Waals surface area contributed by atoms with Crippen molar-refractivity contribution in [3.05, 3.63) is 24.2 Å². The molecule has 1 heterocycles. The minimum atomic E-state index is 0.678. The van der Waals surface area contributed by atoms with Gasteiger partial charge in [0.1, 0.15) is 0 Å². The molecule has 0 aliphatic rings. The monoisotopic (exact) mass is 140 g/mol. The largest absolute Gasteiger partial charge is 0.472 e. The van der Waals surface area contributed by atoms with Gasteiger partial charge in [0.05, 0.1) is 12.5 Å². The van der Waals surface area contributed by atoms with Gasteiger partial charge in [-0.2, -0.15) is 0 Å². The van der Waals surface area contributed by atoms with E-state index < -0.39 is 0 Å². The Morgan fingerprint density at radius 2 is 2.50 bits per heavy atom. The molecule has 0 aliphatic carbocycles. The molecule has 1 aromatic heterocycles. The zero-order chi connectivity index (χ0) is 7.23. The maximum atomic E-state index is 5.28. The van der Waals surface area contributed by atoms with Crippen molar-refractivity contribution >= 4 is 0 Å². The van der Waals surface area contributed by atoms with Crippen molar-refractivity contribution in [1.29, 1.82) is 0 Å². The Bertz CT molecular complexity index is 160. The van der Waals surface area contributed by atoms with E-state index in [1.807, 2.05) is 6.07 Å². The van der Waals surface area contributed by atoms with Gasteiger partial charge in [-0.3, -0.25) is 0 Å². The quantitative estimate of drug-likeness (QED) is 0.592. The highest BCUT2D eigenvalue weighted by molar-refractivity contribution is 5.04. The maximum absolute atomic E-state index is 5.28. The first-order chi connectivity index (χ1) is 4.93. The summed E-state index contributed by atoms with van der Waals surface area (Å²) in [7, 11) is 0. The van der Waals surface area contributed by atoms with E-state index >= 15 is 0 Å². The minimum absolute atomic E-state index is 0.678. The molecule has 3 nitrogen and oxygen atoms in total. The van der Waals surface area contributed by atoms with Crippen molar-refractivity contribution in [1.82, 2.24) is 5.32 Å². The van der Waals surface area contributed by atoms with Crippen LogP contribution in [-0.4, -0.2) is 13.1 Å². The maximum Gasteiger partial charge on any atom is 0.0947 e. The number of rotatable bonds is 4. The fraction of sp³-hybridized carbons (Fsp3) is 0.429. The summed E-state index contributed by atoms with van der Waals surface area (Å²) >= 11 is 0. The van der Waals surface area contributed by atoms with Crippen LogP contribution in [0.15, 0.2) is 23.0 Å². The lowest BCUT2D eigenvalue weighted by Gasteiger charge is -1.97. The second kappa shape index (κ2) is 4.09. The molecule has 0 saturated carbocycles. The molecule has 1 rings (SSSR count). The summed E-state index contributed by atoms with van der Waals surface area (Å²) < 4.78 is 4.87. The molecule has 1 aromatic rings. The van der Waals surface area contributed by atoms with Crippen molar-refractivity contribution in [3.63, 3.8) is 0 Å². The molecule has 0 atom stereocenters. The van der Waals surface area contributed by atoms with Gasteiger partial charge in [0.2, 0.25) is 0 Å². The molecule has 0 spiro atoms. The van der Waals surface area contributed by atoms with Crippen molar-refractivity contribution in [3.8, 4) is 0 Å². The van der Waals surface area contributed by atoms with E-state index in [1.54, 1.807) is 12.5 Å². The van der Waals surface area contributed by atoms with E-state index in [0.29, 0.717) is 6.54 Å². The highest BCUT2D eigenvalue weighted by atomic mass is 16.3. The number of nitrogens with one attached hydrogen (secondary N) is 1. The lowest BCUT2D eigenvalue weighted by Crippen LogP contribution is -2.21. The molecule has 0 aliphatic heterocycles. The van der Waals surface area contributed by atoms with Gasteiger partial charge in [-0.15, -0.1) is 0 Å². The van der Waals surface area contributed by atoms with E-state index in [-0.39, 0.29) is 0 Å². The number of hydrogen-bond acceptors (Lipinski definition) is 3. The van der Waals surface area contributed by atoms with E-state index in [1.165, 1.54) is 0 Å². The predicted molar refractivity (Wildman–Crippen MR) is 39.5 cm³/mol. The van der Waals surface area contributed by atoms with Crippen molar-refractivity contribution in [2.75, 3.05) is 13.1 Å². The second-order valence-electron chi connectivity index (χ2n) is 2.10. The van der Waals surface area contributed by atoms with Gasteiger partial charge in [0, 0.05) is 25.2 Å².